The lowest BCUT2D eigenvalue weighted by molar-refractivity contribution is -0.277. The normalized spacial score (nSPS) is 56.3. The molecular formula is C31H52O3. The molecule has 10 atom stereocenters. The van der Waals surface area contributed by atoms with Gasteiger partial charge in [-0.15, -0.1) is 0 Å². The Balaban J connectivity index is 1.50. The van der Waals surface area contributed by atoms with Crippen molar-refractivity contribution in [1.29, 1.82) is 0 Å². The van der Waals surface area contributed by atoms with Crippen molar-refractivity contribution in [3.05, 3.63) is 0 Å². The van der Waals surface area contributed by atoms with Gasteiger partial charge in [0.25, 0.3) is 0 Å². The van der Waals surface area contributed by atoms with Crippen LogP contribution in [0.5, 0.6) is 0 Å². The van der Waals surface area contributed by atoms with Gasteiger partial charge in [0, 0.05) is 6.92 Å². The maximum Gasteiger partial charge on any atom is 0.303 e. The molecule has 1 N–H and O–H groups in total. The molecule has 0 bridgehead atoms. The lowest BCUT2D eigenvalue weighted by Gasteiger charge is -2.74. The molecule has 0 amide bonds. The van der Waals surface area contributed by atoms with E-state index in [0.29, 0.717) is 27.6 Å². The zero-order valence-corrected chi connectivity index (χ0v) is 23.4. The first kappa shape index (κ1) is 25.1. The van der Waals surface area contributed by atoms with Gasteiger partial charge in [-0.1, -0.05) is 48.0 Å². The van der Waals surface area contributed by atoms with E-state index in [2.05, 4.69) is 41.5 Å². The van der Waals surface area contributed by atoms with Gasteiger partial charge in [-0.2, -0.15) is 0 Å². The fraction of sp³-hybridized carbons (Fsp3) is 0.968. The van der Waals surface area contributed by atoms with Crippen molar-refractivity contribution in [1.82, 2.24) is 0 Å². The second kappa shape index (κ2) is 7.48. The van der Waals surface area contributed by atoms with Gasteiger partial charge in [-0.25, -0.2) is 0 Å². The Kier molecular flexibility index (Phi) is 5.52. The second-order valence-electron chi connectivity index (χ2n) is 15.4. The van der Waals surface area contributed by atoms with Gasteiger partial charge in [0.2, 0.25) is 0 Å². The van der Waals surface area contributed by atoms with Crippen molar-refractivity contribution in [3.8, 4) is 0 Å². The molecule has 3 nitrogen and oxygen atoms in total. The van der Waals surface area contributed by atoms with Crippen LogP contribution in [0.25, 0.3) is 0 Å². The highest BCUT2D eigenvalue weighted by Crippen LogP contribution is 2.77. The van der Waals surface area contributed by atoms with E-state index < -0.39 is 5.60 Å². The highest BCUT2D eigenvalue weighted by molar-refractivity contribution is 5.66. The van der Waals surface area contributed by atoms with Gasteiger partial charge < -0.3 is 9.84 Å². The van der Waals surface area contributed by atoms with Crippen molar-refractivity contribution in [2.45, 2.75) is 138 Å². The Bertz CT molecular complexity index is 846. The molecule has 0 aromatic heterocycles. The molecule has 0 aromatic rings. The lowest BCUT2D eigenvalue weighted by Crippen LogP contribution is -2.69. The van der Waals surface area contributed by atoms with Crippen molar-refractivity contribution >= 4 is 5.97 Å². The van der Waals surface area contributed by atoms with E-state index in [-0.39, 0.29) is 23.4 Å². The minimum absolute atomic E-state index is 0.116. The number of hydrogen-bond donors (Lipinski definition) is 1. The predicted molar refractivity (Wildman–Crippen MR) is 137 cm³/mol. The average molecular weight is 473 g/mol. The van der Waals surface area contributed by atoms with E-state index in [1.54, 1.807) is 0 Å². The maximum absolute atomic E-state index is 11.8. The first-order chi connectivity index (χ1) is 15.6. The van der Waals surface area contributed by atoms with Crippen LogP contribution in [0.2, 0.25) is 0 Å². The predicted octanol–water partition coefficient (Wildman–Crippen LogP) is 7.54. The molecule has 0 radical (unpaired) electrons. The van der Waals surface area contributed by atoms with Crippen molar-refractivity contribution < 1.29 is 14.6 Å². The molecule has 5 saturated carbocycles. The van der Waals surface area contributed by atoms with Crippen molar-refractivity contribution in [3.63, 3.8) is 0 Å². The average Bonchev–Trinajstić information content (AvgIpc) is 2.70. The molecule has 3 heteroatoms. The van der Waals surface area contributed by atoms with Crippen LogP contribution in [-0.4, -0.2) is 22.8 Å². The van der Waals surface area contributed by atoms with Gasteiger partial charge >= 0.3 is 5.97 Å². The molecule has 5 aliphatic rings. The minimum Gasteiger partial charge on any atom is -0.459 e. The number of rotatable bonds is 1. The standard InChI is InChI=1S/C31H52O3/c1-20(32)34-25-14-17-28(5)23-11-10-22-27(4)16-9-15-26(2,3)21(27)12-18-29(22,6)30(23,7)19-13-24(28)31(25,8)33/h21-25,33H,9-19H2,1-8H3/t21?,22?,23?,24?,25-,27-,28+,29+,30+,31-/m0/s1. The summed E-state index contributed by atoms with van der Waals surface area (Å²) < 4.78 is 5.67. The Labute approximate surface area is 209 Å². The van der Waals surface area contributed by atoms with Gasteiger partial charge in [-0.3, -0.25) is 4.79 Å². The van der Waals surface area contributed by atoms with Crippen LogP contribution >= 0.6 is 0 Å². The monoisotopic (exact) mass is 472 g/mol. The molecule has 34 heavy (non-hydrogen) atoms. The van der Waals surface area contributed by atoms with Crippen molar-refractivity contribution in [2.75, 3.05) is 0 Å². The fourth-order valence-electron chi connectivity index (χ4n) is 12.2. The number of carbonyl (C=O) groups is 1. The molecule has 194 valence electrons. The summed E-state index contributed by atoms with van der Waals surface area (Å²) in [4.78, 5) is 11.8. The number of hydrogen-bond acceptors (Lipinski definition) is 3. The van der Waals surface area contributed by atoms with Gasteiger partial charge in [0.15, 0.2) is 0 Å². The molecule has 0 spiro atoms. The molecule has 0 aromatic carbocycles. The molecule has 4 unspecified atom stereocenters. The highest BCUT2D eigenvalue weighted by Gasteiger charge is 2.71. The number of aliphatic hydroxyl groups is 1. The topological polar surface area (TPSA) is 46.5 Å². The Morgan fingerprint density at radius 3 is 1.76 bits per heavy atom. The SMILES string of the molecule is CC(=O)O[C@H]1CC[C@@]2(C)C(CC[C@]3(C)C2CCC2[C@@]4(C)CCCC(C)(C)C4CC[C@]23C)[C@]1(C)O. The number of ether oxygens (including phenoxy) is 1. The van der Waals surface area contributed by atoms with E-state index in [0.717, 1.165) is 31.1 Å². The number of esters is 1. The van der Waals surface area contributed by atoms with Gasteiger partial charge in [0.05, 0.1) is 0 Å². The highest BCUT2D eigenvalue weighted by atomic mass is 16.6. The van der Waals surface area contributed by atoms with Crippen LogP contribution in [0.4, 0.5) is 0 Å². The van der Waals surface area contributed by atoms with Crippen LogP contribution < -0.4 is 0 Å². The van der Waals surface area contributed by atoms with E-state index in [9.17, 15) is 9.90 Å². The second-order valence-corrected chi connectivity index (χ2v) is 15.4. The summed E-state index contributed by atoms with van der Waals surface area (Å²) in [5.41, 5.74) is 0.824. The third-order valence-electron chi connectivity index (χ3n) is 13.8. The lowest BCUT2D eigenvalue weighted by atomic mass is 9.31. The molecular weight excluding hydrogens is 420 g/mol. The van der Waals surface area contributed by atoms with Gasteiger partial charge in [-0.05, 0) is 122 Å². The van der Waals surface area contributed by atoms with E-state index in [1.165, 1.54) is 58.3 Å². The first-order valence-corrected chi connectivity index (χ1v) is 14.5. The van der Waals surface area contributed by atoms with Crippen molar-refractivity contribution in [2.24, 2.45) is 50.7 Å². The number of fused-ring (bicyclic) bond motifs is 7. The first-order valence-electron chi connectivity index (χ1n) is 14.5. The summed E-state index contributed by atoms with van der Waals surface area (Å²) >= 11 is 0. The van der Waals surface area contributed by atoms with Gasteiger partial charge in [0.1, 0.15) is 11.7 Å². The van der Waals surface area contributed by atoms with Crippen LogP contribution in [0.15, 0.2) is 0 Å². The van der Waals surface area contributed by atoms with E-state index in [4.69, 9.17) is 4.74 Å². The van der Waals surface area contributed by atoms with Crippen LogP contribution in [-0.2, 0) is 9.53 Å². The number of carbonyl (C=O) groups excluding carboxylic acids is 1. The zero-order valence-electron chi connectivity index (χ0n) is 23.4. The summed E-state index contributed by atoms with van der Waals surface area (Å²) in [5.74, 6) is 2.26. The fourth-order valence-corrected chi connectivity index (χ4v) is 12.2. The van der Waals surface area contributed by atoms with Crippen LogP contribution in [0, 0.1) is 50.7 Å². The quantitative estimate of drug-likeness (QED) is 0.401. The van der Waals surface area contributed by atoms with E-state index in [1.807, 2.05) is 6.92 Å². The summed E-state index contributed by atoms with van der Waals surface area (Å²) in [6, 6.07) is 0. The third-order valence-corrected chi connectivity index (χ3v) is 13.8. The summed E-state index contributed by atoms with van der Waals surface area (Å²) in [5, 5.41) is 11.8. The zero-order chi connectivity index (χ0) is 24.9. The Morgan fingerprint density at radius 1 is 0.676 bits per heavy atom. The molecule has 0 heterocycles. The summed E-state index contributed by atoms with van der Waals surface area (Å²) in [6.07, 6.45) is 13.4. The smallest absolute Gasteiger partial charge is 0.303 e. The molecule has 0 aliphatic heterocycles. The van der Waals surface area contributed by atoms with Crippen LogP contribution in [0.3, 0.4) is 0 Å². The molecule has 5 rings (SSSR count). The Hall–Kier alpha value is -0.570. The largest absolute Gasteiger partial charge is 0.459 e. The molecule has 0 saturated heterocycles. The molecule has 5 aliphatic carbocycles. The van der Waals surface area contributed by atoms with Crippen LogP contribution in [0.1, 0.15) is 126 Å². The third kappa shape index (κ3) is 3.07. The maximum atomic E-state index is 11.8. The van der Waals surface area contributed by atoms with E-state index >= 15 is 0 Å². The summed E-state index contributed by atoms with van der Waals surface area (Å²) in [7, 11) is 0. The minimum atomic E-state index is -0.936. The Morgan fingerprint density at radius 2 is 1.21 bits per heavy atom. The summed E-state index contributed by atoms with van der Waals surface area (Å²) in [6.45, 7) is 19.1. The molecule has 5 fully saturated rings.